The van der Waals surface area contributed by atoms with E-state index in [9.17, 15) is 14.4 Å². The highest BCUT2D eigenvalue weighted by Gasteiger charge is 2.30. The van der Waals surface area contributed by atoms with Crippen LogP contribution in [0.1, 0.15) is 60.1 Å². The number of ether oxygens (including phenoxy) is 2. The van der Waals surface area contributed by atoms with Crippen molar-refractivity contribution in [1.82, 2.24) is 10.6 Å². The highest BCUT2D eigenvalue weighted by atomic mass is 16.6. The summed E-state index contributed by atoms with van der Waals surface area (Å²) in [7, 11) is 0. The molecule has 1 rings (SSSR count). The monoisotopic (exact) mass is 378 g/mol. The number of amides is 2. The fourth-order valence-electron chi connectivity index (χ4n) is 2.10. The lowest BCUT2D eigenvalue weighted by Gasteiger charge is -2.26. The van der Waals surface area contributed by atoms with E-state index in [1.54, 1.807) is 65.8 Å². The second-order valence-electron chi connectivity index (χ2n) is 8.25. The molecule has 1 aromatic rings. The second-order valence-corrected chi connectivity index (χ2v) is 8.25. The Morgan fingerprint density at radius 2 is 1.37 bits per heavy atom. The number of alkyl carbamates (subject to hydrolysis) is 1. The van der Waals surface area contributed by atoms with Gasteiger partial charge in [-0.25, -0.2) is 9.59 Å². The Bertz CT molecular complexity index is 659. The van der Waals surface area contributed by atoms with E-state index in [0.29, 0.717) is 5.56 Å². The first-order valence-electron chi connectivity index (χ1n) is 8.86. The summed E-state index contributed by atoms with van der Waals surface area (Å²) in [5.41, 5.74) is -0.789. The molecule has 0 radical (unpaired) electrons. The number of carbonyl (C=O) groups excluding carboxylic acids is 3. The zero-order valence-electron chi connectivity index (χ0n) is 17.1. The molecule has 0 heterocycles. The summed E-state index contributed by atoms with van der Waals surface area (Å²) in [6.45, 7) is 11.9. The van der Waals surface area contributed by atoms with Gasteiger partial charge in [0.05, 0.1) is 0 Å². The van der Waals surface area contributed by atoms with E-state index in [1.165, 1.54) is 6.92 Å². The smallest absolute Gasteiger partial charge is 0.408 e. The first-order chi connectivity index (χ1) is 12.3. The van der Waals surface area contributed by atoms with Crippen LogP contribution in [0, 0.1) is 0 Å². The van der Waals surface area contributed by atoms with E-state index in [4.69, 9.17) is 9.47 Å². The van der Waals surface area contributed by atoms with Crippen molar-refractivity contribution in [2.75, 3.05) is 0 Å². The molecule has 0 aromatic heterocycles. The van der Waals surface area contributed by atoms with Gasteiger partial charge >= 0.3 is 12.1 Å². The van der Waals surface area contributed by atoms with Crippen LogP contribution in [-0.2, 0) is 19.1 Å². The first kappa shape index (κ1) is 22.5. The minimum atomic E-state index is -0.985. The third kappa shape index (κ3) is 8.57. The maximum absolute atomic E-state index is 12.6. The van der Waals surface area contributed by atoms with E-state index >= 15 is 0 Å². The summed E-state index contributed by atoms with van der Waals surface area (Å²) >= 11 is 0. The van der Waals surface area contributed by atoms with Crippen LogP contribution in [0.4, 0.5) is 4.79 Å². The lowest BCUT2D eigenvalue weighted by molar-refractivity contribution is -0.159. The SMILES string of the molecule is C[C@H](NC(=O)OC(C)(C)C)C(=O)N[C@H](C(=O)OC(C)(C)C)c1ccccc1. The van der Waals surface area contributed by atoms with E-state index in [-0.39, 0.29) is 0 Å². The van der Waals surface area contributed by atoms with Gasteiger partial charge in [-0.3, -0.25) is 4.79 Å². The highest BCUT2D eigenvalue weighted by molar-refractivity contribution is 5.90. The summed E-state index contributed by atoms with van der Waals surface area (Å²) < 4.78 is 10.6. The van der Waals surface area contributed by atoms with Crippen LogP contribution in [0.15, 0.2) is 30.3 Å². The number of esters is 1. The summed E-state index contributed by atoms with van der Waals surface area (Å²) in [6, 6.07) is 6.91. The number of nitrogens with one attached hydrogen (secondary N) is 2. The van der Waals surface area contributed by atoms with Gasteiger partial charge in [0.25, 0.3) is 0 Å². The molecule has 0 spiro atoms. The maximum atomic E-state index is 12.6. The third-order valence-electron chi connectivity index (χ3n) is 3.19. The predicted octanol–water partition coefficient (Wildman–Crippen LogP) is 3.10. The molecule has 0 aliphatic carbocycles. The number of benzene rings is 1. The largest absolute Gasteiger partial charge is 0.458 e. The van der Waals surface area contributed by atoms with Gasteiger partial charge < -0.3 is 20.1 Å². The molecule has 0 fully saturated rings. The van der Waals surface area contributed by atoms with Crippen molar-refractivity contribution in [2.24, 2.45) is 0 Å². The Balaban J connectivity index is 2.87. The molecule has 0 saturated carbocycles. The topological polar surface area (TPSA) is 93.7 Å². The summed E-state index contributed by atoms with van der Waals surface area (Å²) in [6.07, 6.45) is -0.710. The van der Waals surface area contributed by atoms with E-state index in [0.717, 1.165) is 0 Å². The summed E-state index contributed by atoms with van der Waals surface area (Å²) in [4.78, 5) is 36.9. The second kappa shape index (κ2) is 8.88. The highest BCUT2D eigenvalue weighted by Crippen LogP contribution is 2.19. The minimum absolute atomic E-state index is 0.527. The zero-order chi connectivity index (χ0) is 20.8. The van der Waals surface area contributed by atoms with Gasteiger partial charge in [0.15, 0.2) is 6.04 Å². The fraction of sp³-hybridized carbons (Fsp3) is 0.550. The predicted molar refractivity (Wildman–Crippen MR) is 102 cm³/mol. The van der Waals surface area contributed by atoms with Crippen molar-refractivity contribution in [2.45, 2.75) is 71.8 Å². The molecule has 2 amide bonds. The van der Waals surface area contributed by atoms with Gasteiger partial charge in [-0.15, -0.1) is 0 Å². The average Bonchev–Trinajstić information content (AvgIpc) is 2.49. The van der Waals surface area contributed by atoms with Crippen LogP contribution in [0.3, 0.4) is 0 Å². The molecule has 1 aromatic carbocycles. The van der Waals surface area contributed by atoms with Crippen LogP contribution in [-0.4, -0.2) is 35.2 Å². The van der Waals surface area contributed by atoms with Crippen molar-refractivity contribution in [3.05, 3.63) is 35.9 Å². The number of rotatable bonds is 5. The normalized spacial score (nSPS) is 13.9. The first-order valence-corrected chi connectivity index (χ1v) is 8.86. The average molecular weight is 378 g/mol. The molecule has 0 saturated heterocycles. The van der Waals surface area contributed by atoms with Gasteiger partial charge in [-0.2, -0.15) is 0 Å². The molecule has 2 atom stereocenters. The molecule has 7 nitrogen and oxygen atoms in total. The molecule has 0 aliphatic heterocycles. The van der Waals surface area contributed by atoms with Gasteiger partial charge in [-0.05, 0) is 54.0 Å². The van der Waals surface area contributed by atoms with Crippen molar-refractivity contribution in [3.63, 3.8) is 0 Å². The van der Waals surface area contributed by atoms with Gasteiger partial charge in [0, 0.05) is 0 Å². The Hall–Kier alpha value is -2.57. The van der Waals surface area contributed by atoms with Crippen molar-refractivity contribution >= 4 is 18.0 Å². The van der Waals surface area contributed by atoms with Crippen LogP contribution < -0.4 is 10.6 Å². The molecule has 0 aliphatic rings. The fourth-order valence-corrected chi connectivity index (χ4v) is 2.10. The Morgan fingerprint density at radius 1 is 0.852 bits per heavy atom. The van der Waals surface area contributed by atoms with Crippen LogP contribution in [0.25, 0.3) is 0 Å². The van der Waals surface area contributed by atoms with Crippen LogP contribution >= 0.6 is 0 Å². The molecule has 27 heavy (non-hydrogen) atoms. The van der Waals surface area contributed by atoms with E-state index < -0.39 is 41.3 Å². The Labute approximate surface area is 160 Å². The molecule has 150 valence electrons. The molecule has 0 unspecified atom stereocenters. The van der Waals surface area contributed by atoms with E-state index in [1.807, 2.05) is 6.07 Å². The number of carbonyl (C=O) groups is 3. The Morgan fingerprint density at radius 3 is 1.85 bits per heavy atom. The molecule has 2 N–H and O–H groups in total. The zero-order valence-corrected chi connectivity index (χ0v) is 17.1. The lowest BCUT2D eigenvalue weighted by atomic mass is 10.1. The Kier molecular flexibility index (Phi) is 7.39. The molecule has 7 heteroatoms. The quantitative estimate of drug-likeness (QED) is 0.768. The minimum Gasteiger partial charge on any atom is -0.458 e. The number of hydrogen-bond donors (Lipinski definition) is 2. The lowest BCUT2D eigenvalue weighted by Crippen LogP contribution is -2.49. The van der Waals surface area contributed by atoms with Crippen molar-refractivity contribution in [3.8, 4) is 0 Å². The standard InChI is InChI=1S/C20H30N2O5/c1-13(21-18(25)27-20(5,6)7)16(23)22-15(14-11-9-8-10-12-14)17(24)26-19(2,3)4/h8-13,15H,1-7H3,(H,21,25)(H,22,23)/t13-,15-/m0/s1. The number of hydrogen-bond acceptors (Lipinski definition) is 5. The molecule has 0 bridgehead atoms. The summed E-state index contributed by atoms with van der Waals surface area (Å²) in [5.74, 6) is -1.10. The van der Waals surface area contributed by atoms with Gasteiger partial charge in [0.2, 0.25) is 5.91 Å². The van der Waals surface area contributed by atoms with Crippen LogP contribution in [0.2, 0.25) is 0 Å². The summed E-state index contributed by atoms with van der Waals surface area (Å²) in [5, 5.41) is 5.09. The third-order valence-corrected chi connectivity index (χ3v) is 3.19. The molecular formula is C20H30N2O5. The van der Waals surface area contributed by atoms with Crippen molar-refractivity contribution in [1.29, 1.82) is 0 Å². The van der Waals surface area contributed by atoms with Gasteiger partial charge in [0.1, 0.15) is 17.2 Å². The maximum Gasteiger partial charge on any atom is 0.408 e. The van der Waals surface area contributed by atoms with Crippen LogP contribution in [0.5, 0.6) is 0 Å². The van der Waals surface area contributed by atoms with Crippen molar-refractivity contribution < 1.29 is 23.9 Å². The molecular weight excluding hydrogens is 348 g/mol. The van der Waals surface area contributed by atoms with E-state index in [2.05, 4.69) is 10.6 Å². The van der Waals surface area contributed by atoms with Gasteiger partial charge in [-0.1, -0.05) is 30.3 Å².